The van der Waals surface area contributed by atoms with E-state index in [-0.39, 0.29) is 0 Å². The van der Waals surface area contributed by atoms with Gasteiger partial charge in [0, 0.05) is 5.25 Å². The first-order valence-corrected chi connectivity index (χ1v) is 7.35. The third-order valence-corrected chi connectivity index (χ3v) is 5.29. The predicted octanol–water partition coefficient (Wildman–Crippen LogP) is 4.98. The molecule has 2 atom stereocenters. The monoisotopic (exact) mass is 228 g/mol. The molecule has 1 rings (SSSR count). The smallest absolute Gasteiger partial charge is 0.00501 e. The van der Waals surface area contributed by atoms with Crippen LogP contribution in [0.15, 0.2) is 0 Å². The van der Waals surface area contributed by atoms with Gasteiger partial charge in [0.2, 0.25) is 0 Å². The predicted molar refractivity (Wildman–Crippen MR) is 72.5 cm³/mol. The van der Waals surface area contributed by atoms with Gasteiger partial charge in [-0.05, 0) is 41.8 Å². The van der Waals surface area contributed by atoms with Gasteiger partial charge in [-0.1, -0.05) is 41.5 Å². The molecule has 0 aromatic rings. The van der Waals surface area contributed by atoms with Crippen LogP contribution in [-0.2, 0) is 0 Å². The lowest BCUT2D eigenvalue weighted by Gasteiger charge is -2.27. The van der Waals surface area contributed by atoms with Gasteiger partial charge in [-0.15, -0.1) is 0 Å². The second-order valence-electron chi connectivity index (χ2n) is 7.37. The maximum atomic E-state index is 2.40. The fraction of sp³-hybridized carbons (Fsp3) is 1.00. The molecule has 90 valence electrons. The van der Waals surface area contributed by atoms with E-state index in [2.05, 4.69) is 53.3 Å². The quantitative estimate of drug-likeness (QED) is 0.642. The van der Waals surface area contributed by atoms with Crippen LogP contribution in [0, 0.1) is 16.7 Å². The van der Waals surface area contributed by atoms with Crippen molar-refractivity contribution in [1.82, 2.24) is 0 Å². The molecule has 1 saturated carbocycles. The third kappa shape index (κ3) is 4.80. The Morgan fingerprint density at radius 2 is 1.60 bits per heavy atom. The van der Waals surface area contributed by atoms with Gasteiger partial charge in [0.1, 0.15) is 0 Å². The molecule has 0 nitrogen and oxygen atoms in total. The van der Waals surface area contributed by atoms with Crippen LogP contribution in [0.4, 0.5) is 0 Å². The molecule has 0 aliphatic heterocycles. The Kier molecular flexibility index (Phi) is 4.20. The highest BCUT2D eigenvalue weighted by Gasteiger charge is 2.33. The summed E-state index contributed by atoms with van der Waals surface area (Å²) >= 11 is 2.21. The summed E-state index contributed by atoms with van der Waals surface area (Å²) in [5, 5.41) is 0.938. The van der Waals surface area contributed by atoms with Crippen LogP contribution in [0.2, 0.25) is 0 Å². The minimum atomic E-state index is 0.491. The average molecular weight is 228 g/mol. The van der Waals surface area contributed by atoms with Crippen molar-refractivity contribution in [2.24, 2.45) is 16.7 Å². The summed E-state index contributed by atoms with van der Waals surface area (Å²) in [7, 11) is 0. The van der Waals surface area contributed by atoms with Gasteiger partial charge in [0.15, 0.2) is 0 Å². The van der Waals surface area contributed by atoms with Crippen LogP contribution in [0.5, 0.6) is 0 Å². The molecular weight excluding hydrogens is 200 g/mol. The Balaban J connectivity index is 2.31. The zero-order chi connectivity index (χ0) is 11.7. The zero-order valence-corrected chi connectivity index (χ0v) is 12.2. The first-order chi connectivity index (χ1) is 6.68. The minimum absolute atomic E-state index is 0.491. The topological polar surface area (TPSA) is 0 Å². The summed E-state index contributed by atoms with van der Waals surface area (Å²) in [6.07, 6.45) is 4.35. The highest BCUT2D eigenvalue weighted by Crippen LogP contribution is 2.44. The van der Waals surface area contributed by atoms with E-state index in [0.717, 1.165) is 11.2 Å². The lowest BCUT2D eigenvalue weighted by atomic mass is 9.80. The lowest BCUT2D eigenvalue weighted by molar-refractivity contribution is 0.247. The first kappa shape index (κ1) is 13.4. The van der Waals surface area contributed by atoms with E-state index in [1.807, 2.05) is 0 Å². The molecule has 0 bridgehead atoms. The van der Waals surface area contributed by atoms with Gasteiger partial charge in [-0.2, -0.15) is 11.8 Å². The van der Waals surface area contributed by atoms with Gasteiger partial charge in [-0.25, -0.2) is 0 Å². The SMILES string of the molecule is CC(C)(C)CSC1CCC(C(C)(C)C)C1. The van der Waals surface area contributed by atoms with Crippen molar-refractivity contribution in [3.05, 3.63) is 0 Å². The summed E-state index contributed by atoms with van der Waals surface area (Å²) in [6.45, 7) is 14.2. The van der Waals surface area contributed by atoms with E-state index >= 15 is 0 Å². The third-order valence-electron chi connectivity index (χ3n) is 3.36. The second-order valence-corrected chi connectivity index (χ2v) is 8.66. The Hall–Kier alpha value is 0.350. The Bertz CT molecular complexity index is 194. The van der Waals surface area contributed by atoms with Crippen LogP contribution in [-0.4, -0.2) is 11.0 Å². The second kappa shape index (κ2) is 4.69. The number of thioether (sulfide) groups is 1. The van der Waals surface area contributed by atoms with E-state index in [9.17, 15) is 0 Å². The van der Waals surface area contributed by atoms with Gasteiger partial charge in [0.05, 0.1) is 0 Å². The fourth-order valence-corrected chi connectivity index (χ4v) is 3.65. The molecule has 15 heavy (non-hydrogen) atoms. The van der Waals surface area contributed by atoms with E-state index in [1.54, 1.807) is 0 Å². The average Bonchev–Trinajstić information content (AvgIpc) is 2.45. The maximum absolute atomic E-state index is 2.40. The van der Waals surface area contributed by atoms with Crippen molar-refractivity contribution in [3.63, 3.8) is 0 Å². The number of rotatable bonds is 2. The van der Waals surface area contributed by atoms with Gasteiger partial charge in [-0.3, -0.25) is 0 Å². The normalized spacial score (nSPS) is 28.4. The molecule has 1 aliphatic carbocycles. The molecule has 2 unspecified atom stereocenters. The molecule has 0 N–H and O–H groups in total. The first-order valence-electron chi connectivity index (χ1n) is 6.30. The molecule has 0 aromatic heterocycles. The van der Waals surface area contributed by atoms with E-state index in [0.29, 0.717) is 10.8 Å². The summed E-state index contributed by atoms with van der Waals surface area (Å²) in [4.78, 5) is 0. The number of hydrogen-bond donors (Lipinski definition) is 0. The van der Waals surface area contributed by atoms with Gasteiger partial charge in [0.25, 0.3) is 0 Å². The minimum Gasteiger partial charge on any atom is -0.158 e. The Labute approximate surface area is 101 Å². The Morgan fingerprint density at radius 1 is 1.00 bits per heavy atom. The van der Waals surface area contributed by atoms with Crippen LogP contribution in [0.3, 0.4) is 0 Å². The zero-order valence-electron chi connectivity index (χ0n) is 11.4. The number of hydrogen-bond acceptors (Lipinski definition) is 1. The van der Waals surface area contributed by atoms with Crippen molar-refractivity contribution >= 4 is 11.8 Å². The fourth-order valence-electron chi connectivity index (χ4n) is 2.25. The maximum Gasteiger partial charge on any atom is 0.00501 e. The van der Waals surface area contributed by atoms with Crippen molar-refractivity contribution < 1.29 is 0 Å². The summed E-state index contributed by atoms with van der Waals surface area (Å²) in [5.74, 6) is 2.27. The van der Waals surface area contributed by atoms with E-state index in [1.165, 1.54) is 25.0 Å². The Morgan fingerprint density at radius 3 is 2.00 bits per heavy atom. The van der Waals surface area contributed by atoms with E-state index in [4.69, 9.17) is 0 Å². The molecular formula is C14H28S. The highest BCUT2D eigenvalue weighted by atomic mass is 32.2. The summed E-state index contributed by atoms with van der Waals surface area (Å²) < 4.78 is 0. The highest BCUT2D eigenvalue weighted by molar-refractivity contribution is 7.99. The molecule has 0 spiro atoms. The van der Waals surface area contributed by atoms with Crippen molar-refractivity contribution in [1.29, 1.82) is 0 Å². The van der Waals surface area contributed by atoms with Crippen molar-refractivity contribution in [3.8, 4) is 0 Å². The van der Waals surface area contributed by atoms with Crippen LogP contribution in [0.25, 0.3) is 0 Å². The molecule has 1 aliphatic rings. The molecule has 0 radical (unpaired) electrons. The molecule has 1 heteroatoms. The standard InChI is InChI=1S/C14H28S/c1-13(2,3)10-15-12-8-7-11(9-12)14(4,5)6/h11-12H,7-10H2,1-6H3. The van der Waals surface area contributed by atoms with Crippen LogP contribution >= 0.6 is 11.8 Å². The lowest BCUT2D eigenvalue weighted by Crippen LogP contribution is -2.18. The van der Waals surface area contributed by atoms with Crippen molar-refractivity contribution in [2.75, 3.05) is 5.75 Å². The van der Waals surface area contributed by atoms with Crippen LogP contribution < -0.4 is 0 Å². The summed E-state index contributed by atoms with van der Waals surface area (Å²) in [6, 6.07) is 0. The van der Waals surface area contributed by atoms with E-state index < -0.39 is 0 Å². The van der Waals surface area contributed by atoms with Crippen LogP contribution in [0.1, 0.15) is 60.8 Å². The largest absolute Gasteiger partial charge is 0.158 e. The van der Waals surface area contributed by atoms with Crippen molar-refractivity contribution in [2.45, 2.75) is 66.1 Å². The molecule has 0 aromatic carbocycles. The molecule has 0 heterocycles. The van der Waals surface area contributed by atoms with Gasteiger partial charge < -0.3 is 0 Å². The summed E-state index contributed by atoms with van der Waals surface area (Å²) in [5.41, 5.74) is 1.02. The molecule has 0 saturated heterocycles. The van der Waals surface area contributed by atoms with Gasteiger partial charge >= 0.3 is 0 Å². The molecule has 0 amide bonds. The molecule has 1 fully saturated rings.